The van der Waals surface area contributed by atoms with Crippen LogP contribution in [0.2, 0.25) is 0 Å². The Morgan fingerprint density at radius 3 is 1.60 bits per heavy atom. The lowest BCUT2D eigenvalue weighted by Crippen LogP contribution is -2.14. The molecule has 1 aromatic rings. The lowest BCUT2D eigenvalue weighted by atomic mass is 10.2. The quantitative estimate of drug-likeness (QED) is 0.241. The summed E-state index contributed by atoms with van der Waals surface area (Å²) in [6, 6.07) is 3.29. The lowest BCUT2D eigenvalue weighted by molar-refractivity contribution is 0.0176. The van der Waals surface area contributed by atoms with Gasteiger partial charge in [-0.05, 0) is 17.7 Å². The lowest BCUT2D eigenvalue weighted by Gasteiger charge is -2.18. The molecule has 0 fully saturated rings. The highest BCUT2D eigenvalue weighted by molar-refractivity contribution is 5.53. The molecule has 0 amide bonds. The van der Waals surface area contributed by atoms with Crippen LogP contribution in [0.1, 0.15) is 5.56 Å². The highest BCUT2D eigenvalue weighted by Gasteiger charge is 2.16. The normalized spacial score (nSPS) is 10.9. The standard InChI is InChI=1S/C20H34O10/c1-24-6-7-26-8-9-27-11-13-29-19-15-17(16-23)14-18(20(19)30-5-3-22)28-12-10-25-4-2-21/h14-15,21-23H,2-13,16H2,1H3. The van der Waals surface area contributed by atoms with Gasteiger partial charge in [-0.2, -0.15) is 0 Å². The van der Waals surface area contributed by atoms with E-state index in [1.807, 2.05) is 0 Å². The molecule has 0 spiro atoms. The number of methoxy groups -OCH3 is 1. The number of hydrogen-bond donors (Lipinski definition) is 3. The molecule has 1 rings (SSSR count). The van der Waals surface area contributed by atoms with Gasteiger partial charge in [0.15, 0.2) is 11.5 Å². The molecule has 0 saturated carbocycles. The van der Waals surface area contributed by atoms with Crippen LogP contribution in [0.5, 0.6) is 17.2 Å². The van der Waals surface area contributed by atoms with Crippen molar-refractivity contribution in [2.75, 3.05) is 86.4 Å². The Kier molecular flexibility index (Phi) is 15.9. The van der Waals surface area contributed by atoms with Crippen LogP contribution < -0.4 is 14.2 Å². The van der Waals surface area contributed by atoms with Crippen molar-refractivity contribution in [1.82, 2.24) is 0 Å². The third-order valence-corrected chi connectivity index (χ3v) is 3.61. The molecule has 1 aromatic carbocycles. The van der Waals surface area contributed by atoms with Crippen molar-refractivity contribution >= 4 is 0 Å². The summed E-state index contributed by atoms with van der Waals surface area (Å²) in [7, 11) is 1.61. The molecule has 0 atom stereocenters. The molecule has 0 radical (unpaired) electrons. The van der Waals surface area contributed by atoms with Crippen molar-refractivity contribution in [2.45, 2.75) is 6.61 Å². The van der Waals surface area contributed by atoms with E-state index in [0.717, 1.165) is 0 Å². The van der Waals surface area contributed by atoms with Gasteiger partial charge in [-0.15, -0.1) is 0 Å². The van der Waals surface area contributed by atoms with E-state index in [4.69, 9.17) is 43.4 Å². The number of rotatable bonds is 20. The molecule has 0 aromatic heterocycles. The summed E-state index contributed by atoms with van der Waals surface area (Å²) in [5.41, 5.74) is 0.583. The van der Waals surface area contributed by atoms with E-state index in [-0.39, 0.29) is 52.9 Å². The minimum atomic E-state index is -0.205. The van der Waals surface area contributed by atoms with Crippen LogP contribution in [0.3, 0.4) is 0 Å². The van der Waals surface area contributed by atoms with E-state index in [0.29, 0.717) is 55.8 Å². The Morgan fingerprint density at radius 2 is 1.10 bits per heavy atom. The first kappa shape index (κ1) is 26.4. The fourth-order valence-electron chi connectivity index (χ4n) is 2.28. The Balaban J connectivity index is 2.59. The molecule has 174 valence electrons. The van der Waals surface area contributed by atoms with Crippen LogP contribution in [-0.4, -0.2) is 102 Å². The molecule has 3 N–H and O–H groups in total. The summed E-state index contributed by atoms with van der Waals surface area (Å²) < 4.78 is 37.9. The van der Waals surface area contributed by atoms with Gasteiger partial charge in [-0.25, -0.2) is 0 Å². The Bertz CT molecular complexity index is 541. The second-order valence-electron chi connectivity index (χ2n) is 5.90. The zero-order valence-corrected chi connectivity index (χ0v) is 17.5. The number of benzene rings is 1. The van der Waals surface area contributed by atoms with Crippen LogP contribution in [0.15, 0.2) is 12.1 Å². The van der Waals surface area contributed by atoms with Crippen LogP contribution in [-0.2, 0) is 25.6 Å². The number of hydrogen-bond acceptors (Lipinski definition) is 10. The average Bonchev–Trinajstić information content (AvgIpc) is 2.76. The molecule has 30 heavy (non-hydrogen) atoms. The molecular weight excluding hydrogens is 400 g/mol. The third-order valence-electron chi connectivity index (χ3n) is 3.61. The molecule has 10 nitrogen and oxygen atoms in total. The first-order valence-electron chi connectivity index (χ1n) is 9.86. The number of aliphatic hydroxyl groups excluding tert-OH is 3. The van der Waals surface area contributed by atoms with Crippen LogP contribution >= 0.6 is 0 Å². The summed E-state index contributed by atoms with van der Waals surface area (Å²) >= 11 is 0. The summed E-state index contributed by atoms with van der Waals surface area (Å²) in [5, 5.41) is 27.4. The van der Waals surface area contributed by atoms with E-state index in [9.17, 15) is 5.11 Å². The summed E-state index contributed by atoms with van der Waals surface area (Å²) in [5.74, 6) is 1.07. The smallest absolute Gasteiger partial charge is 0.203 e. The molecule has 0 aliphatic heterocycles. The van der Waals surface area contributed by atoms with Gasteiger partial charge >= 0.3 is 0 Å². The topological polar surface area (TPSA) is 125 Å². The SMILES string of the molecule is COCCOCCOCCOc1cc(CO)cc(OCCOCCO)c1OCCO. The molecule has 0 aliphatic carbocycles. The van der Waals surface area contributed by atoms with Gasteiger partial charge in [0.2, 0.25) is 5.75 Å². The molecule has 10 heteroatoms. The van der Waals surface area contributed by atoms with Crippen molar-refractivity contribution in [3.63, 3.8) is 0 Å². The predicted molar refractivity (Wildman–Crippen MR) is 107 cm³/mol. The zero-order chi connectivity index (χ0) is 21.9. The number of ether oxygens (including phenoxy) is 7. The van der Waals surface area contributed by atoms with Crippen molar-refractivity contribution in [3.8, 4) is 17.2 Å². The number of aliphatic hydroxyl groups is 3. The fourth-order valence-corrected chi connectivity index (χ4v) is 2.28. The van der Waals surface area contributed by atoms with Crippen LogP contribution in [0.25, 0.3) is 0 Å². The minimum absolute atomic E-state index is 0.0571. The van der Waals surface area contributed by atoms with Gasteiger partial charge in [-0.1, -0.05) is 0 Å². The highest BCUT2D eigenvalue weighted by atomic mass is 16.6. The van der Waals surface area contributed by atoms with Crippen molar-refractivity contribution in [3.05, 3.63) is 17.7 Å². The van der Waals surface area contributed by atoms with E-state index < -0.39 is 0 Å². The Morgan fingerprint density at radius 1 is 0.600 bits per heavy atom. The summed E-state index contributed by atoms with van der Waals surface area (Å²) in [6.45, 7) is 2.87. The summed E-state index contributed by atoms with van der Waals surface area (Å²) in [4.78, 5) is 0. The minimum Gasteiger partial charge on any atom is -0.487 e. The Hall–Kier alpha value is -1.66. The highest BCUT2D eigenvalue weighted by Crippen LogP contribution is 2.39. The molecule has 0 saturated heterocycles. The average molecular weight is 434 g/mol. The zero-order valence-electron chi connectivity index (χ0n) is 17.5. The molecule has 0 unspecified atom stereocenters. The van der Waals surface area contributed by atoms with E-state index in [2.05, 4.69) is 0 Å². The maximum atomic E-state index is 9.53. The molecular formula is C20H34O10. The second-order valence-corrected chi connectivity index (χ2v) is 5.90. The van der Waals surface area contributed by atoms with E-state index >= 15 is 0 Å². The summed E-state index contributed by atoms with van der Waals surface area (Å²) in [6.07, 6.45) is 0. The van der Waals surface area contributed by atoms with Crippen LogP contribution in [0, 0.1) is 0 Å². The van der Waals surface area contributed by atoms with Gasteiger partial charge in [0.1, 0.15) is 19.8 Å². The van der Waals surface area contributed by atoms with Gasteiger partial charge in [0.05, 0.1) is 66.1 Å². The van der Waals surface area contributed by atoms with Crippen molar-refractivity contribution < 1.29 is 48.5 Å². The van der Waals surface area contributed by atoms with Crippen molar-refractivity contribution in [1.29, 1.82) is 0 Å². The maximum absolute atomic E-state index is 9.53. The van der Waals surface area contributed by atoms with Gasteiger partial charge in [0.25, 0.3) is 0 Å². The first-order valence-corrected chi connectivity index (χ1v) is 9.86. The van der Waals surface area contributed by atoms with Gasteiger partial charge < -0.3 is 48.5 Å². The van der Waals surface area contributed by atoms with Crippen molar-refractivity contribution in [2.24, 2.45) is 0 Å². The Labute approximate surface area is 177 Å². The van der Waals surface area contributed by atoms with E-state index in [1.54, 1.807) is 19.2 Å². The first-order chi connectivity index (χ1) is 14.8. The fraction of sp³-hybridized carbons (Fsp3) is 0.700. The maximum Gasteiger partial charge on any atom is 0.203 e. The molecule has 0 heterocycles. The molecule has 0 aliphatic rings. The second kappa shape index (κ2) is 18.1. The largest absolute Gasteiger partial charge is 0.487 e. The van der Waals surface area contributed by atoms with E-state index in [1.165, 1.54) is 0 Å². The van der Waals surface area contributed by atoms with Crippen LogP contribution in [0.4, 0.5) is 0 Å². The third kappa shape index (κ3) is 11.5. The molecule has 0 bridgehead atoms. The predicted octanol–water partition coefficient (Wildman–Crippen LogP) is -0.00390. The monoisotopic (exact) mass is 434 g/mol. The van der Waals surface area contributed by atoms with Gasteiger partial charge in [0, 0.05) is 7.11 Å². The van der Waals surface area contributed by atoms with Gasteiger partial charge in [-0.3, -0.25) is 0 Å².